The highest BCUT2D eigenvalue weighted by Gasteiger charge is 2.26. The van der Waals surface area contributed by atoms with Gasteiger partial charge in [0, 0.05) is 55.0 Å². The van der Waals surface area contributed by atoms with Crippen LogP contribution in [0.5, 0.6) is 0 Å². The molecule has 0 N–H and O–H groups in total. The molecule has 1 atom stereocenters. The average molecular weight is 385 g/mol. The average Bonchev–Trinajstić information content (AvgIpc) is 3.14. The number of rotatable bonds is 4. The van der Waals surface area contributed by atoms with Crippen LogP contribution >= 0.6 is 0 Å². The molecule has 6 heteroatoms. The Bertz CT molecular complexity index is 1030. The molecule has 3 heterocycles. The molecule has 1 saturated heterocycles. The molecule has 6 nitrogen and oxygen atoms in total. The van der Waals surface area contributed by atoms with Crippen molar-refractivity contribution in [1.82, 2.24) is 19.4 Å². The zero-order valence-electron chi connectivity index (χ0n) is 16.5. The van der Waals surface area contributed by atoms with Gasteiger partial charge in [0.05, 0.1) is 11.6 Å². The van der Waals surface area contributed by atoms with E-state index in [0.717, 1.165) is 49.6 Å². The van der Waals surface area contributed by atoms with Gasteiger partial charge in [-0.05, 0) is 62.1 Å². The number of pyridine rings is 1. The maximum Gasteiger partial charge on any atom is 0.253 e. The van der Waals surface area contributed by atoms with Crippen molar-refractivity contribution in [2.45, 2.75) is 26.3 Å². The summed E-state index contributed by atoms with van der Waals surface area (Å²) in [5, 5.41) is 8.94. The zero-order chi connectivity index (χ0) is 20.2. The molecule has 0 radical (unpaired) electrons. The lowest BCUT2D eigenvalue weighted by Crippen LogP contribution is -2.41. The highest BCUT2D eigenvalue weighted by atomic mass is 16.2. The van der Waals surface area contributed by atoms with Crippen molar-refractivity contribution in [3.63, 3.8) is 0 Å². The van der Waals surface area contributed by atoms with E-state index in [4.69, 9.17) is 5.26 Å². The number of carbonyl (C=O) groups is 1. The Balaban J connectivity index is 1.49. The number of aromatic nitrogens is 3. The Morgan fingerprint density at radius 3 is 2.69 bits per heavy atom. The quantitative estimate of drug-likeness (QED) is 0.687. The van der Waals surface area contributed by atoms with E-state index in [-0.39, 0.29) is 5.91 Å². The largest absolute Gasteiger partial charge is 0.338 e. The smallest absolute Gasteiger partial charge is 0.253 e. The van der Waals surface area contributed by atoms with Crippen LogP contribution in [0, 0.1) is 24.2 Å². The van der Waals surface area contributed by atoms with Crippen LogP contribution in [-0.2, 0) is 6.54 Å². The third-order valence-electron chi connectivity index (χ3n) is 5.50. The number of nitriles is 1. The molecule has 146 valence electrons. The number of benzene rings is 1. The maximum absolute atomic E-state index is 12.9. The van der Waals surface area contributed by atoms with Gasteiger partial charge < -0.3 is 9.47 Å². The first kappa shape index (κ1) is 18.9. The van der Waals surface area contributed by atoms with Crippen LogP contribution in [-0.4, -0.2) is 38.4 Å². The molecule has 1 amide bonds. The number of hydrogen-bond donors (Lipinski definition) is 0. The molecule has 2 aromatic heterocycles. The lowest BCUT2D eigenvalue weighted by Gasteiger charge is -2.33. The summed E-state index contributed by atoms with van der Waals surface area (Å²) in [6.07, 6.45) is 7.54. The molecule has 3 aromatic rings. The molecule has 1 aromatic carbocycles. The number of carbonyl (C=O) groups excluding carboxylic acids is 1. The summed E-state index contributed by atoms with van der Waals surface area (Å²) in [5.74, 6) is 1.36. The molecule has 0 bridgehead atoms. The summed E-state index contributed by atoms with van der Waals surface area (Å²) in [6, 6.07) is 12.9. The predicted octanol–water partition coefficient (Wildman–Crippen LogP) is 3.68. The molecule has 0 spiro atoms. The third kappa shape index (κ3) is 4.04. The van der Waals surface area contributed by atoms with Crippen LogP contribution in [0.4, 0.5) is 0 Å². The van der Waals surface area contributed by atoms with Gasteiger partial charge in [-0.15, -0.1) is 0 Å². The van der Waals surface area contributed by atoms with Gasteiger partial charge in [-0.1, -0.05) is 0 Å². The number of likely N-dealkylation sites (tertiary alicyclic amines) is 1. The Morgan fingerprint density at radius 2 is 1.97 bits per heavy atom. The van der Waals surface area contributed by atoms with Gasteiger partial charge in [-0.25, -0.2) is 4.98 Å². The molecule has 29 heavy (non-hydrogen) atoms. The van der Waals surface area contributed by atoms with Crippen molar-refractivity contribution in [2.75, 3.05) is 13.1 Å². The Kier molecular flexibility index (Phi) is 5.39. The first-order valence-corrected chi connectivity index (χ1v) is 9.87. The summed E-state index contributed by atoms with van der Waals surface area (Å²) < 4.78 is 2.25. The molecule has 4 rings (SSSR count). The molecule has 1 aliphatic rings. The minimum Gasteiger partial charge on any atom is -0.338 e. The van der Waals surface area contributed by atoms with Gasteiger partial charge >= 0.3 is 0 Å². The van der Waals surface area contributed by atoms with Gasteiger partial charge in [0.2, 0.25) is 0 Å². The number of nitrogens with zero attached hydrogens (tertiary/aromatic N) is 5. The monoisotopic (exact) mass is 385 g/mol. The summed E-state index contributed by atoms with van der Waals surface area (Å²) >= 11 is 0. The molecular weight excluding hydrogens is 362 g/mol. The summed E-state index contributed by atoms with van der Waals surface area (Å²) in [6.45, 7) is 4.41. The van der Waals surface area contributed by atoms with Gasteiger partial charge in [0.1, 0.15) is 5.82 Å². The van der Waals surface area contributed by atoms with Crippen LogP contribution in [0.15, 0.2) is 55.0 Å². The van der Waals surface area contributed by atoms with Crippen LogP contribution in [0.3, 0.4) is 0 Å². The maximum atomic E-state index is 12.9. The van der Waals surface area contributed by atoms with Crippen molar-refractivity contribution in [1.29, 1.82) is 5.26 Å². The van der Waals surface area contributed by atoms with Crippen LogP contribution in [0.2, 0.25) is 0 Å². The van der Waals surface area contributed by atoms with E-state index in [0.29, 0.717) is 17.0 Å². The van der Waals surface area contributed by atoms with Crippen molar-refractivity contribution in [3.8, 4) is 17.5 Å². The van der Waals surface area contributed by atoms with Crippen LogP contribution in [0.1, 0.15) is 34.5 Å². The van der Waals surface area contributed by atoms with Crippen LogP contribution in [0.25, 0.3) is 11.4 Å². The fourth-order valence-electron chi connectivity index (χ4n) is 3.95. The summed E-state index contributed by atoms with van der Waals surface area (Å²) in [5.41, 5.74) is 3.38. The van der Waals surface area contributed by atoms with E-state index in [2.05, 4.69) is 27.5 Å². The fourth-order valence-corrected chi connectivity index (χ4v) is 3.95. The van der Waals surface area contributed by atoms with E-state index in [1.807, 2.05) is 23.2 Å². The lowest BCUT2D eigenvalue weighted by atomic mass is 9.96. The molecule has 0 aliphatic carbocycles. The number of amides is 1. The molecular formula is C23H23N5O. The fraction of sp³-hybridized carbons (Fsp3) is 0.304. The minimum absolute atomic E-state index is 0.0379. The molecule has 1 fully saturated rings. The highest BCUT2D eigenvalue weighted by molar-refractivity contribution is 5.94. The van der Waals surface area contributed by atoms with Crippen molar-refractivity contribution in [2.24, 2.45) is 5.92 Å². The van der Waals surface area contributed by atoms with E-state index >= 15 is 0 Å². The lowest BCUT2D eigenvalue weighted by molar-refractivity contribution is 0.0662. The number of imidazole rings is 1. The second-order valence-electron chi connectivity index (χ2n) is 7.52. The first-order chi connectivity index (χ1) is 14.2. The normalized spacial score (nSPS) is 16.4. The van der Waals surface area contributed by atoms with Gasteiger partial charge in [0.15, 0.2) is 0 Å². The van der Waals surface area contributed by atoms with Crippen molar-refractivity contribution in [3.05, 3.63) is 71.8 Å². The van der Waals surface area contributed by atoms with E-state index in [1.165, 1.54) is 0 Å². The Labute approximate surface area is 170 Å². The molecule has 0 saturated carbocycles. The van der Waals surface area contributed by atoms with E-state index in [1.54, 1.807) is 36.7 Å². The van der Waals surface area contributed by atoms with Crippen molar-refractivity contribution < 1.29 is 4.79 Å². The molecule has 1 unspecified atom stereocenters. The van der Waals surface area contributed by atoms with Gasteiger partial charge in [-0.3, -0.25) is 9.78 Å². The number of piperidine rings is 1. The summed E-state index contributed by atoms with van der Waals surface area (Å²) in [7, 11) is 0. The van der Waals surface area contributed by atoms with E-state index < -0.39 is 0 Å². The third-order valence-corrected chi connectivity index (χ3v) is 5.50. The minimum atomic E-state index is 0.0379. The predicted molar refractivity (Wildman–Crippen MR) is 110 cm³/mol. The summed E-state index contributed by atoms with van der Waals surface area (Å²) in [4.78, 5) is 23.5. The van der Waals surface area contributed by atoms with Crippen LogP contribution < -0.4 is 0 Å². The van der Waals surface area contributed by atoms with Gasteiger partial charge in [0.25, 0.3) is 5.91 Å². The number of hydrogen-bond acceptors (Lipinski definition) is 4. The topological polar surface area (TPSA) is 74.8 Å². The Morgan fingerprint density at radius 1 is 1.21 bits per heavy atom. The first-order valence-electron chi connectivity index (χ1n) is 9.87. The highest BCUT2D eigenvalue weighted by Crippen LogP contribution is 2.25. The number of aryl methyl sites for hydroxylation is 1. The second kappa shape index (κ2) is 8.27. The Hall–Kier alpha value is -3.46. The van der Waals surface area contributed by atoms with Crippen molar-refractivity contribution >= 4 is 5.91 Å². The standard InChI is InChI=1S/C23H23N5O/c1-17-14-26-22(20-8-10-25-11-9-20)28(17)16-19-3-2-12-27(15-19)23(29)21-6-4-18(13-24)5-7-21/h4-11,14,19H,2-3,12,15-16H2,1H3. The zero-order valence-corrected chi connectivity index (χ0v) is 16.5. The van der Waals surface area contributed by atoms with E-state index in [9.17, 15) is 4.79 Å². The molecule has 1 aliphatic heterocycles. The second-order valence-corrected chi connectivity index (χ2v) is 7.52. The SMILES string of the molecule is Cc1cnc(-c2ccncc2)n1CC1CCCN(C(=O)c2ccc(C#N)cc2)C1. The van der Waals surface area contributed by atoms with Gasteiger partial charge in [-0.2, -0.15) is 5.26 Å².